The van der Waals surface area contributed by atoms with Gasteiger partial charge in [0.15, 0.2) is 0 Å². The molecule has 1 aromatic carbocycles. The van der Waals surface area contributed by atoms with Crippen LogP contribution in [0.5, 0.6) is 0 Å². The maximum absolute atomic E-state index is 12.3. The Bertz CT molecular complexity index is 549. The van der Waals surface area contributed by atoms with Crippen LogP contribution in [0, 0.1) is 16.0 Å². The standard InChI is InChI=1S/C13H15BrN2O4/c1-8-7-15(5-4-12(8)17)13(18)9-2-3-10(14)11(6-9)16(19)20/h2-3,6,8,12,17H,4-5,7H2,1H3. The Kier molecular flexibility index (Phi) is 4.39. The summed E-state index contributed by atoms with van der Waals surface area (Å²) in [7, 11) is 0. The highest BCUT2D eigenvalue weighted by Gasteiger charge is 2.28. The minimum absolute atomic E-state index is 0.0122. The van der Waals surface area contributed by atoms with Gasteiger partial charge in [0.2, 0.25) is 0 Å². The van der Waals surface area contributed by atoms with Gasteiger partial charge in [-0.15, -0.1) is 0 Å². The molecular formula is C13H15BrN2O4. The van der Waals surface area contributed by atoms with Gasteiger partial charge in [0, 0.05) is 24.7 Å². The van der Waals surface area contributed by atoms with Gasteiger partial charge in [0.1, 0.15) is 0 Å². The highest BCUT2D eigenvalue weighted by atomic mass is 79.9. The number of benzene rings is 1. The average Bonchev–Trinajstić information content (AvgIpc) is 2.41. The summed E-state index contributed by atoms with van der Waals surface area (Å²) in [5, 5.41) is 20.6. The van der Waals surface area contributed by atoms with Crippen LogP contribution in [0.3, 0.4) is 0 Å². The first kappa shape index (κ1) is 14.9. The second-order valence-corrected chi connectivity index (χ2v) is 5.86. The van der Waals surface area contributed by atoms with Crippen molar-refractivity contribution in [3.05, 3.63) is 38.3 Å². The van der Waals surface area contributed by atoms with Crippen LogP contribution in [0.4, 0.5) is 5.69 Å². The van der Waals surface area contributed by atoms with E-state index in [9.17, 15) is 20.0 Å². The molecule has 7 heteroatoms. The van der Waals surface area contributed by atoms with Crippen molar-refractivity contribution >= 4 is 27.5 Å². The van der Waals surface area contributed by atoms with E-state index in [1.54, 1.807) is 11.0 Å². The van der Waals surface area contributed by atoms with Crippen LogP contribution in [0.15, 0.2) is 22.7 Å². The summed E-state index contributed by atoms with van der Waals surface area (Å²) in [5.74, 6) is -0.225. The average molecular weight is 343 g/mol. The lowest BCUT2D eigenvalue weighted by molar-refractivity contribution is -0.385. The summed E-state index contributed by atoms with van der Waals surface area (Å²) in [6, 6.07) is 4.35. The van der Waals surface area contributed by atoms with Crippen molar-refractivity contribution in [2.45, 2.75) is 19.4 Å². The Morgan fingerprint density at radius 2 is 2.25 bits per heavy atom. The molecule has 1 amide bonds. The largest absolute Gasteiger partial charge is 0.393 e. The number of hydrogen-bond donors (Lipinski definition) is 1. The topological polar surface area (TPSA) is 83.7 Å². The fourth-order valence-electron chi connectivity index (χ4n) is 2.29. The second-order valence-electron chi connectivity index (χ2n) is 5.01. The van der Waals surface area contributed by atoms with Crippen LogP contribution >= 0.6 is 15.9 Å². The van der Waals surface area contributed by atoms with Crippen molar-refractivity contribution < 1.29 is 14.8 Å². The third-order valence-corrected chi connectivity index (χ3v) is 4.21. The Morgan fingerprint density at radius 1 is 1.55 bits per heavy atom. The fraction of sp³-hybridized carbons (Fsp3) is 0.462. The molecule has 2 unspecified atom stereocenters. The normalized spacial score (nSPS) is 22.6. The third kappa shape index (κ3) is 2.99. The Morgan fingerprint density at radius 3 is 2.85 bits per heavy atom. The third-order valence-electron chi connectivity index (χ3n) is 3.54. The van der Waals surface area contributed by atoms with Crippen molar-refractivity contribution in [2.75, 3.05) is 13.1 Å². The zero-order valence-electron chi connectivity index (χ0n) is 11.0. The number of aliphatic hydroxyl groups is 1. The van der Waals surface area contributed by atoms with Gasteiger partial charge in [-0.25, -0.2) is 0 Å². The van der Waals surface area contributed by atoms with Gasteiger partial charge in [-0.1, -0.05) is 6.92 Å². The van der Waals surface area contributed by atoms with Gasteiger partial charge in [-0.2, -0.15) is 0 Å². The molecule has 0 radical (unpaired) electrons. The quantitative estimate of drug-likeness (QED) is 0.659. The number of rotatable bonds is 2. The predicted molar refractivity (Wildman–Crippen MR) is 76.5 cm³/mol. The first-order valence-corrected chi connectivity index (χ1v) is 7.10. The van der Waals surface area contributed by atoms with E-state index in [-0.39, 0.29) is 17.5 Å². The van der Waals surface area contributed by atoms with Crippen molar-refractivity contribution in [3.8, 4) is 0 Å². The van der Waals surface area contributed by atoms with E-state index >= 15 is 0 Å². The summed E-state index contributed by atoms with van der Waals surface area (Å²) in [6.45, 7) is 2.81. The lowest BCUT2D eigenvalue weighted by atomic mass is 9.96. The summed E-state index contributed by atoms with van der Waals surface area (Å²) >= 11 is 3.09. The highest BCUT2D eigenvalue weighted by Crippen LogP contribution is 2.27. The van der Waals surface area contributed by atoms with Crippen molar-refractivity contribution in [1.82, 2.24) is 4.90 Å². The van der Waals surface area contributed by atoms with Crippen LogP contribution in [-0.2, 0) is 0 Å². The Hall–Kier alpha value is -1.47. The van der Waals surface area contributed by atoms with E-state index in [4.69, 9.17) is 0 Å². The molecule has 1 aromatic rings. The molecule has 1 aliphatic heterocycles. The van der Waals surface area contributed by atoms with Crippen LogP contribution < -0.4 is 0 Å². The molecule has 1 fully saturated rings. The Labute approximate surface area is 124 Å². The zero-order chi connectivity index (χ0) is 14.9. The minimum Gasteiger partial charge on any atom is -0.393 e. The van der Waals surface area contributed by atoms with Crippen molar-refractivity contribution in [2.24, 2.45) is 5.92 Å². The first-order chi connectivity index (χ1) is 9.40. The van der Waals surface area contributed by atoms with E-state index in [0.29, 0.717) is 29.5 Å². The maximum Gasteiger partial charge on any atom is 0.284 e. The number of piperidine rings is 1. The van der Waals surface area contributed by atoms with E-state index in [2.05, 4.69) is 15.9 Å². The van der Waals surface area contributed by atoms with Crippen LogP contribution in [0.1, 0.15) is 23.7 Å². The van der Waals surface area contributed by atoms with E-state index < -0.39 is 11.0 Å². The molecule has 20 heavy (non-hydrogen) atoms. The number of carbonyl (C=O) groups excluding carboxylic acids is 1. The molecule has 2 atom stereocenters. The molecule has 0 aliphatic carbocycles. The van der Waals surface area contributed by atoms with Crippen molar-refractivity contribution in [1.29, 1.82) is 0 Å². The van der Waals surface area contributed by atoms with Gasteiger partial charge in [-0.3, -0.25) is 14.9 Å². The zero-order valence-corrected chi connectivity index (χ0v) is 12.5. The number of nitro groups is 1. The predicted octanol–water partition coefficient (Wildman–Crippen LogP) is 2.20. The lowest BCUT2D eigenvalue weighted by Crippen LogP contribution is -2.44. The molecule has 0 aromatic heterocycles. The first-order valence-electron chi connectivity index (χ1n) is 6.31. The number of likely N-dealkylation sites (tertiary alicyclic amines) is 1. The van der Waals surface area contributed by atoms with Crippen LogP contribution in [0.25, 0.3) is 0 Å². The van der Waals surface area contributed by atoms with Crippen LogP contribution in [-0.4, -0.2) is 40.0 Å². The second kappa shape index (κ2) is 5.88. The molecule has 108 valence electrons. The smallest absolute Gasteiger partial charge is 0.284 e. The fourth-order valence-corrected chi connectivity index (χ4v) is 2.68. The number of hydrogen-bond acceptors (Lipinski definition) is 4. The lowest BCUT2D eigenvalue weighted by Gasteiger charge is -2.34. The molecule has 0 bridgehead atoms. The molecule has 1 N–H and O–H groups in total. The van der Waals surface area contributed by atoms with Gasteiger partial charge in [-0.05, 0) is 40.4 Å². The number of aliphatic hydroxyl groups excluding tert-OH is 1. The molecule has 1 heterocycles. The summed E-state index contributed by atoms with van der Waals surface area (Å²) in [4.78, 5) is 24.3. The molecule has 0 saturated carbocycles. The summed E-state index contributed by atoms with van der Waals surface area (Å²) < 4.78 is 0.349. The van der Waals surface area contributed by atoms with E-state index in [1.807, 2.05) is 6.92 Å². The van der Waals surface area contributed by atoms with Gasteiger partial charge in [0.25, 0.3) is 11.6 Å². The number of halogens is 1. The van der Waals surface area contributed by atoms with Gasteiger partial charge in [0.05, 0.1) is 15.5 Å². The molecular weight excluding hydrogens is 328 g/mol. The van der Waals surface area contributed by atoms with Crippen LogP contribution in [0.2, 0.25) is 0 Å². The van der Waals surface area contributed by atoms with Gasteiger partial charge >= 0.3 is 0 Å². The molecule has 6 nitrogen and oxygen atoms in total. The Balaban J connectivity index is 2.21. The van der Waals surface area contributed by atoms with Crippen molar-refractivity contribution in [3.63, 3.8) is 0 Å². The summed E-state index contributed by atoms with van der Waals surface area (Å²) in [6.07, 6.45) is 0.143. The minimum atomic E-state index is -0.524. The molecule has 2 rings (SSSR count). The number of nitrogens with zero attached hydrogens (tertiary/aromatic N) is 2. The van der Waals surface area contributed by atoms with E-state index in [0.717, 1.165) is 0 Å². The monoisotopic (exact) mass is 342 g/mol. The highest BCUT2D eigenvalue weighted by molar-refractivity contribution is 9.10. The number of carbonyl (C=O) groups is 1. The molecule has 1 saturated heterocycles. The number of amides is 1. The van der Waals surface area contributed by atoms with Gasteiger partial charge < -0.3 is 10.0 Å². The molecule has 0 spiro atoms. The maximum atomic E-state index is 12.3. The summed E-state index contributed by atoms with van der Waals surface area (Å²) in [5.41, 5.74) is 0.171. The van der Waals surface area contributed by atoms with E-state index in [1.165, 1.54) is 12.1 Å². The number of nitro benzene ring substituents is 1. The SMILES string of the molecule is CC1CN(C(=O)c2ccc(Br)c([N+](=O)[O-])c2)CCC1O. The molecule has 1 aliphatic rings.